The van der Waals surface area contributed by atoms with Crippen molar-refractivity contribution < 1.29 is 22.7 Å². The van der Waals surface area contributed by atoms with Crippen LogP contribution in [0.1, 0.15) is 32.6 Å². The van der Waals surface area contributed by atoms with Crippen LogP contribution in [-0.2, 0) is 24.3 Å². The van der Waals surface area contributed by atoms with Crippen LogP contribution in [0.3, 0.4) is 0 Å². The zero-order valence-electron chi connectivity index (χ0n) is 11.4. The summed E-state index contributed by atoms with van der Waals surface area (Å²) < 4.78 is 29.9. The first-order valence-electron chi connectivity index (χ1n) is 6.42. The van der Waals surface area contributed by atoms with E-state index in [1.807, 2.05) is 0 Å². The quantitative estimate of drug-likeness (QED) is 0.668. The maximum atomic E-state index is 12.0. The van der Waals surface area contributed by atoms with Crippen molar-refractivity contribution in [1.29, 1.82) is 0 Å². The van der Waals surface area contributed by atoms with Gasteiger partial charge in [-0.25, -0.2) is 12.7 Å². The van der Waals surface area contributed by atoms with Crippen molar-refractivity contribution in [2.24, 2.45) is 5.92 Å². The van der Waals surface area contributed by atoms with E-state index in [2.05, 4.69) is 4.74 Å². The third kappa shape index (κ3) is 4.91. The minimum Gasteiger partial charge on any atom is -0.469 e. The van der Waals surface area contributed by atoms with Gasteiger partial charge in [0.1, 0.15) is 5.78 Å². The highest BCUT2D eigenvalue weighted by molar-refractivity contribution is 7.89. The van der Waals surface area contributed by atoms with Gasteiger partial charge in [0, 0.05) is 25.4 Å². The van der Waals surface area contributed by atoms with Gasteiger partial charge in [-0.1, -0.05) is 0 Å². The van der Waals surface area contributed by atoms with E-state index >= 15 is 0 Å². The Bertz CT molecular complexity index is 423. The highest BCUT2D eigenvalue weighted by atomic mass is 32.2. The lowest BCUT2D eigenvalue weighted by Gasteiger charge is -2.29. The number of ether oxygens (including phenoxy) is 1. The molecule has 7 heteroatoms. The molecule has 0 aromatic heterocycles. The average Bonchev–Trinajstić information content (AvgIpc) is 2.38. The maximum absolute atomic E-state index is 12.0. The van der Waals surface area contributed by atoms with E-state index in [1.54, 1.807) is 6.92 Å². The summed E-state index contributed by atoms with van der Waals surface area (Å²) in [6, 6.07) is 0. The van der Waals surface area contributed by atoms with Crippen molar-refractivity contribution in [2.45, 2.75) is 32.6 Å². The predicted octanol–water partition coefficient (Wildman–Crippen LogP) is 0.570. The summed E-state index contributed by atoms with van der Waals surface area (Å²) in [7, 11) is -2.04. The van der Waals surface area contributed by atoms with Crippen LogP contribution in [0.15, 0.2) is 0 Å². The number of esters is 1. The molecule has 1 fully saturated rings. The topological polar surface area (TPSA) is 80.8 Å². The van der Waals surface area contributed by atoms with Gasteiger partial charge in [-0.05, 0) is 26.2 Å². The number of rotatable bonds is 6. The Morgan fingerprint density at radius 1 is 1.26 bits per heavy atom. The standard InChI is InChI=1S/C12H21NO5S/c1-10(14)11-5-7-13(8-6-11)19(16,17)9-3-4-12(15)18-2/h11H,3-9H2,1-2H3. The number of piperidine rings is 1. The number of Topliss-reactive ketones (excluding diaryl/α,β-unsaturated/α-hetero) is 1. The van der Waals surface area contributed by atoms with Crippen molar-refractivity contribution >= 4 is 21.8 Å². The fourth-order valence-corrected chi connectivity index (χ4v) is 3.71. The first kappa shape index (κ1) is 16.1. The zero-order chi connectivity index (χ0) is 14.5. The monoisotopic (exact) mass is 291 g/mol. The fraction of sp³-hybridized carbons (Fsp3) is 0.833. The molecule has 0 bridgehead atoms. The van der Waals surface area contributed by atoms with Crippen molar-refractivity contribution in [3.63, 3.8) is 0 Å². The Balaban J connectivity index is 2.42. The molecule has 0 spiro atoms. The van der Waals surface area contributed by atoms with Crippen LogP contribution in [0.4, 0.5) is 0 Å². The zero-order valence-corrected chi connectivity index (χ0v) is 12.2. The fourth-order valence-electron chi connectivity index (χ4n) is 2.17. The number of hydrogen-bond acceptors (Lipinski definition) is 5. The molecule has 0 aromatic rings. The molecule has 1 aliphatic heterocycles. The van der Waals surface area contributed by atoms with Crippen molar-refractivity contribution in [3.05, 3.63) is 0 Å². The van der Waals surface area contributed by atoms with Gasteiger partial charge in [0.05, 0.1) is 12.9 Å². The number of carbonyl (C=O) groups excluding carboxylic acids is 2. The van der Waals surface area contributed by atoms with Gasteiger partial charge >= 0.3 is 5.97 Å². The van der Waals surface area contributed by atoms with Crippen LogP contribution in [0.25, 0.3) is 0 Å². The summed E-state index contributed by atoms with van der Waals surface area (Å²) in [6.45, 7) is 2.33. The van der Waals surface area contributed by atoms with E-state index in [9.17, 15) is 18.0 Å². The van der Waals surface area contributed by atoms with Crippen LogP contribution in [-0.4, -0.2) is 50.4 Å². The molecule has 6 nitrogen and oxygen atoms in total. The molecule has 110 valence electrons. The average molecular weight is 291 g/mol. The normalized spacial score (nSPS) is 18.2. The van der Waals surface area contributed by atoms with Crippen LogP contribution in [0.2, 0.25) is 0 Å². The minimum atomic E-state index is -3.32. The number of ketones is 1. The molecule has 0 aliphatic carbocycles. The van der Waals surface area contributed by atoms with E-state index in [-0.39, 0.29) is 30.3 Å². The maximum Gasteiger partial charge on any atom is 0.305 e. The lowest BCUT2D eigenvalue weighted by atomic mass is 9.95. The van der Waals surface area contributed by atoms with Gasteiger partial charge in [-0.3, -0.25) is 9.59 Å². The highest BCUT2D eigenvalue weighted by Gasteiger charge is 2.29. The number of hydrogen-bond donors (Lipinski definition) is 0. The molecule has 19 heavy (non-hydrogen) atoms. The predicted molar refractivity (Wildman–Crippen MR) is 70.0 cm³/mol. The summed E-state index contributed by atoms with van der Waals surface area (Å²) in [6.07, 6.45) is 1.55. The molecule has 0 unspecified atom stereocenters. The largest absolute Gasteiger partial charge is 0.469 e. The van der Waals surface area contributed by atoms with Gasteiger partial charge in [0.2, 0.25) is 10.0 Å². The second-order valence-corrected chi connectivity index (χ2v) is 6.87. The molecule has 1 saturated heterocycles. The smallest absolute Gasteiger partial charge is 0.305 e. The third-order valence-electron chi connectivity index (χ3n) is 3.43. The molecule has 1 heterocycles. The van der Waals surface area contributed by atoms with Crippen molar-refractivity contribution in [3.8, 4) is 0 Å². The molecule has 0 saturated carbocycles. The third-order valence-corrected chi connectivity index (χ3v) is 5.39. The summed E-state index contributed by atoms with van der Waals surface area (Å²) in [4.78, 5) is 22.1. The molecule has 1 aliphatic rings. The first-order chi connectivity index (χ1) is 8.86. The van der Waals surface area contributed by atoms with Crippen LogP contribution < -0.4 is 0 Å². The molecule has 0 atom stereocenters. The number of sulfonamides is 1. The highest BCUT2D eigenvalue weighted by Crippen LogP contribution is 2.20. The van der Waals surface area contributed by atoms with Crippen molar-refractivity contribution in [2.75, 3.05) is 26.0 Å². The van der Waals surface area contributed by atoms with E-state index in [1.165, 1.54) is 11.4 Å². The van der Waals surface area contributed by atoms with E-state index in [0.29, 0.717) is 25.9 Å². The van der Waals surface area contributed by atoms with Gasteiger partial charge in [0.15, 0.2) is 0 Å². The first-order valence-corrected chi connectivity index (χ1v) is 8.03. The lowest BCUT2D eigenvalue weighted by Crippen LogP contribution is -2.41. The lowest BCUT2D eigenvalue weighted by molar-refractivity contribution is -0.140. The van der Waals surface area contributed by atoms with Gasteiger partial charge in [-0.2, -0.15) is 0 Å². The minimum absolute atomic E-state index is 0.0125. The molecular formula is C12H21NO5S. The second kappa shape index (κ2) is 7.00. The summed E-state index contributed by atoms with van der Waals surface area (Å²) in [5.41, 5.74) is 0. The van der Waals surface area contributed by atoms with Crippen LogP contribution in [0, 0.1) is 5.92 Å². The van der Waals surface area contributed by atoms with Gasteiger partial charge in [0.25, 0.3) is 0 Å². The summed E-state index contributed by atoms with van der Waals surface area (Å²) >= 11 is 0. The molecule has 0 aromatic carbocycles. The van der Waals surface area contributed by atoms with Gasteiger partial charge in [-0.15, -0.1) is 0 Å². The van der Waals surface area contributed by atoms with E-state index < -0.39 is 16.0 Å². The molecular weight excluding hydrogens is 270 g/mol. The number of methoxy groups -OCH3 is 1. The SMILES string of the molecule is COC(=O)CCCS(=O)(=O)N1CCC(C(C)=O)CC1. The summed E-state index contributed by atoms with van der Waals surface area (Å²) in [5.74, 6) is -0.331. The Morgan fingerprint density at radius 3 is 2.32 bits per heavy atom. The van der Waals surface area contributed by atoms with E-state index in [0.717, 1.165) is 0 Å². The summed E-state index contributed by atoms with van der Waals surface area (Å²) in [5, 5.41) is 0. The number of carbonyl (C=O) groups is 2. The molecule has 1 rings (SSSR count). The molecule has 0 amide bonds. The van der Waals surface area contributed by atoms with Crippen molar-refractivity contribution in [1.82, 2.24) is 4.31 Å². The molecule has 0 N–H and O–H groups in total. The Hall–Kier alpha value is -0.950. The Morgan fingerprint density at radius 2 is 1.84 bits per heavy atom. The Kier molecular flexibility index (Phi) is 5.93. The van der Waals surface area contributed by atoms with Gasteiger partial charge < -0.3 is 4.74 Å². The Labute approximate surface area is 114 Å². The van der Waals surface area contributed by atoms with Crippen LogP contribution >= 0.6 is 0 Å². The van der Waals surface area contributed by atoms with Crippen LogP contribution in [0.5, 0.6) is 0 Å². The van der Waals surface area contributed by atoms with E-state index in [4.69, 9.17) is 0 Å². The number of nitrogens with zero attached hydrogens (tertiary/aromatic N) is 1. The second-order valence-electron chi connectivity index (χ2n) is 4.78. The molecule has 0 radical (unpaired) electrons.